The lowest BCUT2D eigenvalue weighted by Gasteiger charge is -2.15. The van der Waals surface area contributed by atoms with Crippen LogP contribution < -0.4 is 10.0 Å². The third kappa shape index (κ3) is 8.10. The molecular weight excluding hydrogens is 500 g/mol. The number of hydrogen-bond donors (Lipinski definition) is 3. The number of sulfonamides is 1. The fourth-order valence-electron chi connectivity index (χ4n) is 2.81. The Bertz CT molecular complexity index is 1020. The second-order valence-electron chi connectivity index (χ2n) is 6.85. The van der Waals surface area contributed by atoms with Gasteiger partial charge in [0, 0.05) is 11.0 Å². The van der Waals surface area contributed by atoms with Crippen LogP contribution in [0, 0.1) is 0 Å². The van der Waals surface area contributed by atoms with Gasteiger partial charge in [-0.05, 0) is 54.7 Å². The first-order chi connectivity index (χ1) is 15.2. The van der Waals surface area contributed by atoms with Crippen LogP contribution in [-0.4, -0.2) is 44.8 Å². The molecule has 2 aromatic carbocycles. The molecule has 0 radical (unpaired) electrons. The summed E-state index contributed by atoms with van der Waals surface area (Å²) in [5.41, 5.74) is 1.76. The molecule has 0 aliphatic heterocycles. The molecule has 1 atom stereocenters. The minimum absolute atomic E-state index is 0.0174. The van der Waals surface area contributed by atoms with Crippen LogP contribution in [0.2, 0.25) is 0 Å². The van der Waals surface area contributed by atoms with Gasteiger partial charge in [0.15, 0.2) is 0 Å². The predicted molar refractivity (Wildman–Crippen MR) is 125 cm³/mol. The Hall–Kier alpha value is -2.69. The van der Waals surface area contributed by atoms with Crippen molar-refractivity contribution < 1.29 is 27.9 Å². The molecule has 0 bridgehead atoms. The van der Waals surface area contributed by atoms with Crippen molar-refractivity contribution >= 4 is 38.0 Å². The van der Waals surface area contributed by atoms with Crippen LogP contribution in [0.1, 0.15) is 19.3 Å². The number of rotatable bonds is 12. The number of aliphatic carboxylic acids is 1. The van der Waals surface area contributed by atoms with E-state index in [2.05, 4.69) is 32.5 Å². The normalized spacial score (nSPS) is 12.0. The number of carbonyl (C=O) groups excluding carboxylic acids is 1. The SMILES string of the molecule is C=CCOC(=O)NCCCCC(NS(=O)(=O)c1ccc(-c2ccc(Br)cc2)cc1)C(=O)O. The van der Waals surface area contributed by atoms with Gasteiger partial charge in [-0.15, -0.1) is 0 Å². The van der Waals surface area contributed by atoms with E-state index < -0.39 is 28.1 Å². The summed E-state index contributed by atoms with van der Waals surface area (Å²) in [6.07, 6.45) is 1.79. The van der Waals surface area contributed by atoms with E-state index in [0.29, 0.717) is 12.8 Å². The van der Waals surface area contributed by atoms with Crippen LogP contribution in [-0.2, 0) is 19.6 Å². The summed E-state index contributed by atoms with van der Waals surface area (Å²) in [4.78, 5) is 22.8. The number of ether oxygens (including phenoxy) is 1. The number of nitrogens with one attached hydrogen (secondary N) is 2. The van der Waals surface area contributed by atoms with Crippen molar-refractivity contribution in [3.63, 3.8) is 0 Å². The van der Waals surface area contributed by atoms with Crippen molar-refractivity contribution in [1.82, 2.24) is 10.0 Å². The van der Waals surface area contributed by atoms with Crippen LogP contribution in [0.15, 0.2) is 70.6 Å². The molecule has 32 heavy (non-hydrogen) atoms. The highest BCUT2D eigenvalue weighted by Gasteiger charge is 2.25. The second-order valence-corrected chi connectivity index (χ2v) is 9.48. The summed E-state index contributed by atoms with van der Waals surface area (Å²) in [6, 6.07) is 12.5. The molecule has 0 aliphatic carbocycles. The monoisotopic (exact) mass is 524 g/mol. The van der Waals surface area contributed by atoms with E-state index in [0.717, 1.165) is 15.6 Å². The van der Waals surface area contributed by atoms with Crippen molar-refractivity contribution in [2.24, 2.45) is 0 Å². The number of alkyl carbamates (subject to hydrolysis) is 1. The van der Waals surface area contributed by atoms with Gasteiger partial charge in [0.1, 0.15) is 12.6 Å². The molecule has 0 aliphatic rings. The molecule has 1 amide bonds. The van der Waals surface area contributed by atoms with Crippen LogP contribution >= 0.6 is 15.9 Å². The minimum Gasteiger partial charge on any atom is -0.480 e. The number of hydrogen-bond acceptors (Lipinski definition) is 5. The van der Waals surface area contributed by atoms with Gasteiger partial charge >= 0.3 is 12.1 Å². The summed E-state index contributed by atoms with van der Waals surface area (Å²) in [6.45, 7) is 3.81. The standard InChI is InChI=1S/C22H25BrN2O6S/c1-2-15-31-22(28)24-14-4-3-5-20(21(26)27)25-32(29,30)19-12-8-17(9-13-19)16-6-10-18(23)11-7-16/h2,6-13,20,25H,1,3-5,14-15H2,(H,24,28)(H,26,27). The number of halogens is 1. The molecule has 0 fully saturated rings. The molecule has 3 N–H and O–H groups in total. The predicted octanol–water partition coefficient (Wildman–Crippen LogP) is 3.93. The average molecular weight is 525 g/mol. The summed E-state index contributed by atoms with van der Waals surface area (Å²) in [5, 5.41) is 11.9. The fraction of sp³-hybridized carbons (Fsp3) is 0.273. The summed E-state index contributed by atoms with van der Waals surface area (Å²) >= 11 is 3.37. The summed E-state index contributed by atoms with van der Waals surface area (Å²) in [7, 11) is -4.01. The third-order valence-corrected chi connectivity index (χ3v) is 6.48. The Balaban J connectivity index is 1.92. The summed E-state index contributed by atoms with van der Waals surface area (Å²) in [5.74, 6) is -1.27. The number of carboxylic acid groups (broad SMARTS) is 1. The Morgan fingerprint density at radius 1 is 1.06 bits per heavy atom. The quantitative estimate of drug-likeness (QED) is 0.285. The third-order valence-electron chi connectivity index (χ3n) is 4.46. The first-order valence-corrected chi connectivity index (χ1v) is 12.1. The highest BCUT2D eigenvalue weighted by Crippen LogP contribution is 2.23. The molecule has 0 aromatic heterocycles. The van der Waals surface area contributed by atoms with E-state index in [-0.39, 0.29) is 24.5 Å². The topological polar surface area (TPSA) is 122 Å². The van der Waals surface area contributed by atoms with Gasteiger partial charge in [-0.2, -0.15) is 4.72 Å². The Kier molecular flexibility index (Phi) is 9.89. The van der Waals surface area contributed by atoms with Crippen molar-refractivity contribution in [3.8, 4) is 11.1 Å². The van der Waals surface area contributed by atoms with Gasteiger partial charge in [-0.25, -0.2) is 13.2 Å². The number of benzene rings is 2. The van der Waals surface area contributed by atoms with E-state index >= 15 is 0 Å². The number of carboxylic acids is 1. The molecule has 0 spiro atoms. The van der Waals surface area contributed by atoms with Crippen LogP contribution in [0.5, 0.6) is 0 Å². The van der Waals surface area contributed by atoms with Gasteiger partial charge < -0.3 is 15.2 Å². The second kappa shape index (κ2) is 12.4. The molecule has 1 unspecified atom stereocenters. The van der Waals surface area contributed by atoms with Crippen molar-refractivity contribution in [2.75, 3.05) is 13.2 Å². The largest absolute Gasteiger partial charge is 0.480 e. The molecule has 10 heteroatoms. The zero-order chi connectivity index (χ0) is 23.6. The van der Waals surface area contributed by atoms with E-state index in [1.807, 2.05) is 24.3 Å². The molecule has 2 rings (SSSR count). The minimum atomic E-state index is -4.01. The van der Waals surface area contributed by atoms with Gasteiger partial charge in [-0.3, -0.25) is 4.79 Å². The maximum absolute atomic E-state index is 12.7. The first-order valence-electron chi connectivity index (χ1n) is 9.85. The maximum Gasteiger partial charge on any atom is 0.407 e. The van der Waals surface area contributed by atoms with E-state index in [4.69, 9.17) is 4.74 Å². The molecule has 0 saturated carbocycles. The first kappa shape index (κ1) is 25.6. The van der Waals surface area contributed by atoms with Crippen LogP contribution in [0.25, 0.3) is 11.1 Å². The molecule has 2 aromatic rings. The molecule has 8 nitrogen and oxygen atoms in total. The average Bonchev–Trinajstić information content (AvgIpc) is 2.77. The number of carbonyl (C=O) groups is 2. The lowest BCUT2D eigenvalue weighted by molar-refractivity contribution is -0.139. The van der Waals surface area contributed by atoms with Gasteiger partial charge in [0.25, 0.3) is 0 Å². The van der Waals surface area contributed by atoms with E-state index in [9.17, 15) is 23.1 Å². The lowest BCUT2D eigenvalue weighted by atomic mass is 10.1. The molecule has 172 valence electrons. The maximum atomic E-state index is 12.7. The van der Waals surface area contributed by atoms with E-state index in [1.54, 1.807) is 12.1 Å². The fourth-order valence-corrected chi connectivity index (χ4v) is 4.29. The smallest absolute Gasteiger partial charge is 0.407 e. The van der Waals surface area contributed by atoms with Crippen molar-refractivity contribution in [3.05, 3.63) is 65.7 Å². The molecule has 0 saturated heterocycles. The van der Waals surface area contributed by atoms with Crippen molar-refractivity contribution in [2.45, 2.75) is 30.2 Å². The zero-order valence-electron chi connectivity index (χ0n) is 17.3. The van der Waals surface area contributed by atoms with Crippen molar-refractivity contribution in [1.29, 1.82) is 0 Å². The van der Waals surface area contributed by atoms with Gasteiger partial charge in [0.2, 0.25) is 10.0 Å². The van der Waals surface area contributed by atoms with Crippen LogP contribution in [0.4, 0.5) is 4.79 Å². The molecule has 0 heterocycles. The summed E-state index contributed by atoms with van der Waals surface area (Å²) < 4.78 is 33.3. The van der Waals surface area contributed by atoms with Gasteiger partial charge in [-0.1, -0.05) is 52.9 Å². The Morgan fingerprint density at radius 2 is 1.66 bits per heavy atom. The Labute approximate surface area is 195 Å². The zero-order valence-corrected chi connectivity index (χ0v) is 19.7. The van der Waals surface area contributed by atoms with Gasteiger partial charge in [0.05, 0.1) is 4.90 Å². The lowest BCUT2D eigenvalue weighted by Crippen LogP contribution is -2.40. The van der Waals surface area contributed by atoms with E-state index in [1.165, 1.54) is 18.2 Å². The van der Waals surface area contributed by atoms with Crippen LogP contribution in [0.3, 0.4) is 0 Å². The highest BCUT2D eigenvalue weighted by atomic mass is 79.9. The Morgan fingerprint density at radius 3 is 2.22 bits per heavy atom. The molecular formula is C22H25BrN2O6S. The number of amides is 1. The highest BCUT2D eigenvalue weighted by molar-refractivity contribution is 9.10. The number of unbranched alkanes of at least 4 members (excludes halogenated alkanes) is 1.